The topological polar surface area (TPSA) is 113 Å². The Kier molecular flexibility index (Phi) is 6.63. The number of carbonyl (C=O) groups is 2. The lowest BCUT2D eigenvalue weighted by Gasteiger charge is -2.37. The third-order valence-corrected chi connectivity index (χ3v) is 5.78. The molecule has 0 saturated carbocycles. The van der Waals surface area contributed by atoms with Gasteiger partial charge < -0.3 is 15.4 Å². The number of aromatic nitrogens is 1. The van der Waals surface area contributed by atoms with E-state index in [4.69, 9.17) is 9.94 Å². The molecule has 0 spiro atoms. The van der Waals surface area contributed by atoms with Gasteiger partial charge in [-0.3, -0.25) is 19.8 Å². The molecule has 1 aromatic heterocycles. The van der Waals surface area contributed by atoms with Gasteiger partial charge >= 0.3 is 0 Å². The van der Waals surface area contributed by atoms with Crippen LogP contribution in [0.5, 0.6) is 5.75 Å². The Hall–Kier alpha value is -3.49. The SMILES string of the molecule is O=C(CC1(NC(=O)c2ccc(COc3ccnc4ccccc34)cc2)CCNCC1)NO. The third kappa shape index (κ3) is 5.04. The van der Waals surface area contributed by atoms with Crippen LogP contribution in [0.1, 0.15) is 35.2 Å². The Bertz CT molecular complexity index is 1090. The van der Waals surface area contributed by atoms with Crippen LogP contribution in [-0.2, 0) is 11.4 Å². The zero-order chi connectivity index (χ0) is 22.4. The average Bonchev–Trinajstić information content (AvgIpc) is 2.83. The first-order valence-corrected chi connectivity index (χ1v) is 10.6. The number of benzene rings is 2. The van der Waals surface area contributed by atoms with Crippen LogP contribution in [0.2, 0.25) is 0 Å². The number of carbonyl (C=O) groups excluding carboxylic acids is 2. The molecule has 4 rings (SSSR count). The molecule has 2 aromatic carbocycles. The standard InChI is InChI=1S/C24H26N4O4/c29-22(28-31)15-24(10-13-25-14-11-24)27-23(30)18-7-5-17(6-8-18)16-32-21-9-12-26-20-4-2-1-3-19(20)21/h1-9,12,25,31H,10-11,13-16H2,(H,27,30)(H,28,29). The van der Waals surface area contributed by atoms with Crippen molar-refractivity contribution < 1.29 is 19.5 Å². The first-order chi connectivity index (χ1) is 15.6. The van der Waals surface area contributed by atoms with Crippen molar-refractivity contribution in [1.29, 1.82) is 0 Å². The normalized spacial score (nSPS) is 15.2. The second kappa shape index (κ2) is 9.76. The van der Waals surface area contributed by atoms with Gasteiger partial charge in [-0.25, -0.2) is 5.48 Å². The van der Waals surface area contributed by atoms with E-state index < -0.39 is 11.4 Å². The number of para-hydroxylation sites is 1. The Morgan fingerprint density at radius 2 is 1.81 bits per heavy atom. The van der Waals surface area contributed by atoms with Gasteiger partial charge in [-0.15, -0.1) is 0 Å². The number of nitrogens with one attached hydrogen (secondary N) is 3. The summed E-state index contributed by atoms with van der Waals surface area (Å²) in [5.41, 5.74) is 3.29. The molecule has 166 valence electrons. The predicted molar refractivity (Wildman–Crippen MR) is 119 cm³/mol. The van der Waals surface area contributed by atoms with Crippen LogP contribution in [0.4, 0.5) is 0 Å². The van der Waals surface area contributed by atoms with Gasteiger partial charge in [0.25, 0.3) is 5.91 Å². The monoisotopic (exact) mass is 434 g/mol. The van der Waals surface area contributed by atoms with E-state index in [0.717, 1.165) is 22.2 Å². The first-order valence-electron chi connectivity index (χ1n) is 10.6. The van der Waals surface area contributed by atoms with Crippen molar-refractivity contribution in [2.75, 3.05) is 13.1 Å². The minimum absolute atomic E-state index is 0.0305. The van der Waals surface area contributed by atoms with E-state index in [2.05, 4.69) is 15.6 Å². The number of hydroxylamine groups is 1. The van der Waals surface area contributed by atoms with E-state index in [1.54, 1.807) is 23.8 Å². The Labute approximate surface area is 186 Å². The van der Waals surface area contributed by atoms with Crippen LogP contribution in [0.3, 0.4) is 0 Å². The van der Waals surface area contributed by atoms with E-state index >= 15 is 0 Å². The summed E-state index contributed by atoms with van der Waals surface area (Å²) < 4.78 is 5.98. The van der Waals surface area contributed by atoms with Crippen molar-refractivity contribution in [3.63, 3.8) is 0 Å². The van der Waals surface area contributed by atoms with Gasteiger partial charge in [-0.1, -0.05) is 24.3 Å². The van der Waals surface area contributed by atoms with Crippen LogP contribution in [0.15, 0.2) is 60.8 Å². The molecule has 0 aliphatic carbocycles. The summed E-state index contributed by atoms with van der Waals surface area (Å²) in [4.78, 5) is 29.0. The second-order valence-electron chi connectivity index (χ2n) is 8.01. The van der Waals surface area contributed by atoms with Crippen LogP contribution >= 0.6 is 0 Å². The molecule has 3 aromatic rings. The van der Waals surface area contributed by atoms with Crippen LogP contribution in [0.25, 0.3) is 10.9 Å². The van der Waals surface area contributed by atoms with Gasteiger partial charge in [-0.2, -0.15) is 0 Å². The predicted octanol–water partition coefficient (Wildman–Crippen LogP) is 2.56. The minimum Gasteiger partial charge on any atom is -0.488 e. The molecule has 4 N–H and O–H groups in total. The molecule has 2 heterocycles. The zero-order valence-electron chi connectivity index (χ0n) is 17.6. The largest absolute Gasteiger partial charge is 0.488 e. The third-order valence-electron chi connectivity index (χ3n) is 5.78. The summed E-state index contributed by atoms with van der Waals surface area (Å²) in [5.74, 6) is 0.000924. The van der Waals surface area contributed by atoms with Gasteiger partial charge in [0, 0.05) is 17.1 Å². The highest BCUT2D eigenvalue weighted by atomic mass is 16.5. The van der Waals surface area contributed by atoms with Crippen molar-refractivity contribution >= 4 is 22.7 Å². The molecule has 1 saturated heterocycles. The van der Waals surface area contributed by atoms with Gasteiger partial charge in [0.1, 0.15) is 12.4 Å². The number of piperidine rings is 1. The zero-order valence-corrected chi connectivity index (χ0v) is 17.6. The number of hydrogen-bond donors (Lipinski definition) is 4. The molecule has 8 nitrogen and oxygen atoms in total. The molecular formula is C24H26N4O4. The summed E-state index contributed by atoms with van der Waals surface area (Å²) >= 11 is 0. The number of nitrogens with zero attached hydrogens (tertiary/aromatic N) is 1. The lowest BCUT2D eigenvalue weighted by molar-refractivity contribution is -0.130. The molecule has 1 aliphatic rings. The van der Waals surface area contributed by atoms with Crippen molar-refractivity contribution in [1.82, 2.24) is 21.1 Å². The first kappa shape index (κ1) is 21.7. The fraction of sp³-hybridized carbons (Fsp3) is 0.292. The summed E-state index contributed by atoms with van der Waals surface area (Å²) in [6.07, 6.45) is 2.97. The fourth-order valence-corrected chi connectivity index (χ4v) is 4.02. The molecule has 2 amide bonds. The molecule has 32 heavy (non-hydrogen) atoms. The highest BCUT2D eigenvalue weighted by Crippen LogP contribution is 2.25. The summed E-state index contributed by atoms with van der Waals surface area (Å²) in [6, 6.07) is 16.8. The molecule has 0 atom stereocenters. The molecular weight excluding hydrogens is 408 g/mol. The van der Waals surface area contributed by atoms with Gasteiger partial charge in [-0.05, 0) is 61.8 Å². The Morgan fingerprint density at radius 3 is 2.56 bits per heavy atom. The summed E-state index contributed by atoms with van der Waals surface area (Å²) in [5, 5.41) is 16.1. The molecule has 0 unspecified atom stereocenters. The number of pyridine rings is 1. The average molecular weight is 434 g/mol. The number of ether oxygens (including phenoxy) is 1. The second-order valence-corrected chi connectivity index (χ2v) is 8.01. The lowest BCUT2D eigenvalue weighted by Crippen LogP contribution is -2.56. The Balaban J connectivity index is 1.41. The van der Waals surface area contributed by atoms with Crippen LogP contribution in [0, 0.1) is 0 Å². The number of amides is 2. The van der Waals surface area contributed by atoms with Gasteiger partial charge in [0.15, 0.2) is 0 Å². The maximum absolute atomic E-state index is 12.9. The van der Waals surface area contributed by atoms with E-state index in [-0.39, 0.29) is 12.3 Å². The van der Waals surface area contributed by atoms with E-state index in [9.17, 15) is 9.59 Å². The van der Waals surface area contributed by atoms with E-state index in [1.807, 2.05) is 42.5 Å². The van der Waals surface area contributed by atoms with Crippen molar-refractivity contribution in [3.8, 4) is 5.75 Å². The van der Waals surface area contributed by atoms with Crippen LogP contribution < -0.4 is 20.9 Å². The molecule has 0 bridgehead atoms. The maximum Gasteiger partial charge on any atom is 0.251 e. The van der Waals surface area contributed by atoms with Gasteiger partial charge in [0.2, 0.25) is 5.91 Å². The van der Waals surface area contributed by atoms with Crippen molar-refractivity contribution in [2.24, 2.45) is 0 Å². The number of fused-ring (bicyclic) bond motifs is 1. The lowest BCUT2D eigenvalue weighted by atomic mass is 9.84. The quantitative estimate of drug-likeness (QED) is 0.336. The molecule has 0 radical (unpaired) electrons. The van der Waals surface area contributed by atoms with Crippen molar-refractivity contribution in [2.45, 2.75) is 31.4 Å². The highest BCUT2D eigenvalue weighted by Gasteiger charge is 2.36. The van der Waals surface area contributed by atoms with E-state index in [1.165, 1.54) is 0 Å². The molecule has 1 fully saturated rings. The number of rotatable bonds is 7. The maximum atomic E-state index is 12.9. The highest BCUT2D eigenvalue weighted by molar-refractivity contribution is 5.95. The van der Waals surface area contributed by atoms with Gasteiger partial charge in [0.05, 0.1) is 17.5 Å². The Morgan fingerprint density at radius 1 is 1.06 bits per heavy atom. The fourth-order valence-electron chi connectivity index (χ4n) is 4.02. The molecule has 8 heteroatoms. The summed E-state index contributed by atoms with van der Waals surface area (Å²) in [6.45, 7) is 1.75. The van der Waals surface area contributed by atoms with Crippen molar-refractivity contribution in [3.05, 3.63) is 71.9 Å². The van der Waals surface area contributed by atoms with E-state index in [0.29, 0.717) is 38.1 Å². The number of hydrogen-bond acceptors (Lipinski definition) is 6. The smallest absolute Gasteiger partial charge is 0.251 e. The summed E-state index contributed by atoms with van der Waals surface area (Å²) in [7, 11) is 0. The van der Waals surface area contributed by atoms with Crippen LogP contribution in [-0.4, -0.2) is 40.6 Å². The molecule has 1 aliphatic heterocycles. The minimum atomic E-state index is -0.681.